The van der Waals surface area contributed by atoms with E-state index in [-0.39, 0.29) is 11.8 Å². The fraction of sp³-hybridized carbons (Fsp3) is 0.222. The molecule has 0 saturated carbocycles. The topological polar surface area (TPSA) is 58.2 Å². The van der Waals surface area contributed by atoms with Crippen LogP contribution in [0.4, 0.5) is 5.69 Å². The molecule has 0 radical (unpaired) electrons. The molecule has 5 heteroatoms. The van der Waals surface area contributed by atoms with Crippen LogP contribution in [0.25, 0.3) is 0 Å². The molecule has 0 fully saturated rings. The van der Waals surface area contributed by atoms with E-state index in [0.29, 0.717) is 30.6 Å². The monoisotopic (exact) mass is 374 g/mol. The highest BCUT2D eigenvalue weighted by atomic mass is 79.9. The Bertz CT molecular complexity index is 701. The summed E-state index contributed by atoms with van der Waals surface area (Å²) in [6.45, 7) is 2.44. The van der Waals surface area contributed by atoms with Crippen LogP contribution in [0.3, 0.4) is 0 Å². The standard InChI is InChI=1S/C18H19BrN2O2/c1-2-20-18(23)14-6-4-8-16(12-14)21-17(22)10-9-13-5-3-7-15(19)11-13/h3-8,11-12H,2,9-10H2,1H3,(H,20,23)(H,21,22). The van der Waals surface area contributed by atoms with Gasteiger partial charge in [0, 0.05) is 28.7 Å². The van der Waals surface area contributed by atoms with Crippen LogP contribution >= 0.6 is 15.9 Å². The van der Waals surface area contributed by atoms with E-state index in [1.54, 1.807) is 24.3 Å². The molecule has 0 saturated heterocycles. The first-order valence-corrected chi connectivity index (χ1v) is 8.30. The smallest absolute Gasteiger partial charge is 0.251 e. The maximum Gasteiger partial charge on any atom is 0.251 e. The molecule has 0 atom stereocenters. The van der Waals surface area contributed by atoms with Gasteiger partial charge in [-0.3, -0.25) is 9.59 Å². The van der Waals surface area contributed by atoms with Crippen molar-refractivity contribution < 1.29 is 9.59 Å². The van der Waals surface area contributed by atoms with E-state index in [2.05, 4.69) is 26.6 Å². The Morgan fingerprint density at radius 3 is 2.61 bits per heavy atom. The van der Waals surface area contributed by atoms with E-state index in [1.807, 2.05) is 31.2 Å². The molecule has 23 heavy (non-hydrogen) atoms. The first kappa shape index (κ1) is 17.2. The minimum atomic E-state index is -0.141. The molecule has 2 aromatic carbocycles. The molecule has 0 bridgehead atoms. The Balaban J connectivity index is 1.92. The lowest BCUT2D eigenvalue weighted by Gasteiger charge is -2.08. The molecule has 0 spiro atoms. The molecular weight excluding hydrogens is 356 g/mol. The van der Waals surface area contributed by atoms with Crippen LogP contribution in [-0.2, 0) is 11.2 Å². The number of anilines is 1. The highest BCUT2D eigenvalue weighted by molar-refractivity contribution is 9.10. The van der Waals surface area contributed by atoms with Crippen molar-refractivity contribution in [3.63, 3.8) is 0 Å². The van der Waals surface area contributed by atoms with Gasteiger partial charge in [0.05, 0.1) is 0 Å². The van der Waals surface area contributed by atoms with Crippen LogP contribution in [0, 0.1) is 0 Å². The number of nitrogens with one attached hydrogen (secondary N) is 2. The van der Waals surface area contributed by atoms with Gasteiger partial charge < -0.3 is 10.6 Å². The minimum absolute atomic E-state index is 0.0713. The van der Waals surface area contributed by atoms with Crippen LogP contribution in [0.2, 0.25) is 0 Å². The SMILES string of the molecule is CCNC(=O)c1cccc(NC(=O)CCc2cccc(Br)c2)c1. The van der Waals surface area contributed by atoms with E-state index in [9.17, 15) is 9.59 Å². The van der Waals surface area contributed by atoms with Crippen LogP contribution in [-0.4, -0.2) is 18.4 Å². The maximum atomic E-state index is 12.1. The summed E-state index contributed by atoms with van der Waals surface area (Å²) in [5, 5.41) is 5.57. The van der Waals surface area contributed by atoms with Crippen LogP contribution in [0.5, 0.6) is 0 Å². The largest absolute Gasteiger partial charge is 0.352 e. The predicted octanol–water partition coefficient (Wildman–Crippen LogP) is 3.77. The first-order chi connectivity index (χ1) is 11.1. The molecule has 2 N–H and O–H groups in total. The lowest BCUT2D eigenvalue weighted by Crippen LogP contribution is -2.22. The van der Waals surface area contributed by atoms with Gasteiger partial charge in [-0.1, -0.05) is 34.1 Å². The summed E-state index contributed by atoms with van der Waals surface area (Å²) in [4.78, 5) is 23.9. The van der Waals surface area contributed by atoms with Gasteiger partial charge in [-0.05, 0) is 49.2 Å². The third-order valence-corrected chi connectivity index (χ3v) is 3.77. The molecule has 2 rings (SSSR count). The Morgan fingerprint density at radius 1 is 1.09 bits per heavy atom. The molecule has 0 aromatic heterocycles. The minimum Gasteiger partial charge on any atom is -0.352 e. The zero-order chi connectivity index (χ0) is 16.7. The van der Waals surface area contributed by atoms with Crippen molar-refractivity contribution in [1.29, 1.82) is 0 Å². The van der Waals surface area contributed by atoms with Crippen molar-refractivity contribution in [2.75, 3.05) is 11.9 Å². The van der Waals surface area contributed by atoms with Gasteiger partial charge in [0.1, 0.15) is 0 Å². The number of halogens is 1. The first-order valence-electron chi connectivity index (χ1n) is 7.51. The van der Waals surface area contributed by atoms with Crippen LogP contribution < -0.4 is 10.6 Å². The summed E-state index contributed by atoms with van der Waals surface area (Å²) in [6.07, 6.45) is 1.06. The van der Waals surface area contributed by atoms with E-state index in [0.717, 1.165) is 10.0 Å². The summed E-state index contributed by atoms with van der Waals surface area (Å²) in [5.74, 6) is -0.212. The number of amides is 2. The van der Waals surface area contributed by atoms with Crippen molar-refractivity contribution in [2.45, 2.75) is 19.8 Å². The van der Waals surface area contributed by atoms with Gasteiger partial charge >= 0.3 is 0 Å². The summed E-state index contributed by atoms with van der Waals surface area (Å²) >= 11 is 3.42. The van der Waals surface area contributed by atoms with E-state index < -0.39 is 0 Å². The molecule has 2 aromatic rings. The van der Waals surface area contributed by atoms with Crippen molar-refractivity contribution in [3.05, 3.63) is 64.1 Å². The number of hydrogen-bond donors (Lipinski definition) is 2. The van der Waals surface area contributed by atoms with Gasteiger partial charge in [-0.25, -0.2) is 0 Å². The third-order valence-electron chi connectivity index (χ3n) is 3.28. The second-order valence-corrected chi connectivity index (χ2v) is 6.03. The summed E-state index contributed by atoms with van der Waals surface area (Å²) in [6, 6.07) is 14.8. The quantitative estimate of drug-likeness (QED) is 0.808. The summed E-state index contributed by atoms with van der Waals surface area (Å²) in [5.41, 5.74) is 2.27. The van der Waals surface area contributed by atoms with Crippen molar-refractivity contribution in [3.8, 4) is 0 Å². The average Bonchev–Trinajstić information content (AvgIpc) is 2.53. The lowest BCUT2D eigenvalue weighted by molar-refractivity contribution is -0.116. The zero-order valence-corrected chi connectivity index (χ0v) is 14.5. The molecular formula is C18H19BrN2O2. The number of hydrogen-bond acceptors (Lipinski definition) is 2. The molecule has 4 nitrogen and oxygen atoms in total. The third kappa shape index (κ3) is 5.53. The van der Waals surface area contributed by atoms with E-state index in [4.69, 9.17) is 0 Å². The molecule has 0 aliphatic carbocycles. The average molecular weight is 375 g/mol. The normalized spacial score (nSPS) is 10.2. The Labute approximate surface area is 144 Å². The number of carbonyl (C=O) groups excluding carboxylic acids is 2. The Morgan fingerprint density at radius 2 is 1.87 bits per heavy atom. The molecule has 120 valence electrons. The Hall–Kier alpha value is -2.14. The van der Waals surface area contributed by atoms with E-state index in [1.165, 1.54) is 0 Å². The molecule has 0 unspecified atom stereocenters. The van der Waals surface area contributed by atoms with Gasteiger partial charge in [-0.2, -0.15) is 0 Å². The second kappa shape index (κ2) is 8.48. The molecule has 2 amide bonds. The summed E-state index contributed by atoms with van der Waals surface area (Å²) in [7, 11) is 0. The zero-order valence-electron chi connectivity index (χ0n) is 12.9. The number of benzene rings is 2. The van der Waals surface area contributed by atoms with Gasteiger partial charge in [0.15, 0.2) is 0 Å². The van der Waals surface area contributed by atoms with Crippen molar-refractivity contribution in [1.82, 2.24) is 5.32 Å². The number of aryl methyl sites for hydroxylation is 1. The highest BCUT2D eigenvalue weighted by Gasteiger charge is 2.07. The highest BCUT2D eigenvalue weighted by Crippen LogP contribution is 2.14. The molecule has 0 heterocycles. The van der Waals surface area contributed by atoms with Gasteiger partial charge in [0.25, 0.3) is 5.91 Å². The number of rotatable bonds is 6. The predicted molar refractivity (Wildman–Crippen MR) is 95.5 cm³/mol. The van der Waals surface area contributed by atoms with Crippen molar-refractivity contribution in [2.24, 2.45) is 0 Å². The van der Waals surface area contributed by atoms with Gasteiger partial charge in [-0.15, -0.1) is 0 Å². The fourth-order valence-corrected chi connectivity index (χ4v) is 2.62. The number of carbonyl (C=O) groups is 2. The molecule has 0 aliphatic heterocycles. The Kier molecular flexibility index (Phi) is 6.35. The maximum absolute atomic E-state index is 12.1. The van der Waals surface area contributed by atoms with E-state index >= 15 is 0 Å². The van der Waals surface area contributed by atoms with Crippen molar-refractivity contribution >= 4 is 33.4 Å². The fourth-order valence-electron chi connectivity index (χ4n) is 2.17. The summed E-state index contributed by atoms with van der Waals surface area (Å²) < 4.78 is 1.00. The molecule has 0 aliphatic rings. The van der Waals surface area contributed by atoms with Gasteiger partial charge in [0.2, 0.25) is 5.91 Å². The van der Waals surface area contributed by atoms with Crippen LogP contribution in [0.1, 0.15) is 29.3 Å². The van der Waals surface area contributed by atoms with Crippen LogP contribution in [0.15, 0.2) is 53.0 Å². The second-order valence-electron chi connectivity index (χ2n) is 5.12. The lowest BCUT2D eigenvalue weighted by atomic mass is 10.1.